The number of aliphatic hydroxyl groups excluding tert-OH is 1. The number of benzene rings is 3. The summed E-state index contributed by atoms with van der Waals surface area (Å²) >= 11 is -2.47. The Kier molecular flexibility index (Phi) is 9.16. The monoisotopic (exact) mass is 701 g/mol. The van der Waals surface area contributed by atoms with Gasteiger partial charge in [0, 0.05) is 36.7 Å². The number of carbonyl (C=O) groups is 1. The number of fused-ring (bicyclic) bond motifs is 4. The van der Waals surface area contributed by atoms with Crippen LogP contribution in [0.15, 0.2) is 76.8 Å². The minimum absolute atomic E-state index is 0.100. The van der Waals surface area contributed by atoms with E-state index in [1.807, 2.05) is 79.7 Å². The van der Waals surface area contributed by atoms with Crippen LogP contribution in [-0.4, -0.2) is 63.6 Å². The van der Waals surface area contributed by atoms with Crippen molar-refractivity contribution >= 4 is 28.5 Å². The number of nitrogens with one attached hydrogen (secondary N) is 1. The summed E-state index contributed by atoms with van der Waals surface area (Å²) in [7, 11) is 6.86. The Morgan fingerprint density at radius 1 is 1.02 bits per heavy atom. The average molecular weight is 702 g/mol. The van der Waals surface area contributed by atoms with Crippen LogP contribution >= 0.6 is 0 Å². The predicted octanol–water partition coefficient (Wildman–Crippen LogP) is 5.66. The quantitative estimate of drug-likeness (QED) is 0.166. The number of hydrogen-bond donors (Lipinski definition) is 3. The van der Waals surface area contributed by atoms with E-state index in [0.717, 1.165) is 11.1 Å². The first-order valence-electron chi connectivity index (χ1n) is 16.3. The molecule has 1 saturated carbocycles. The van der Waals surface area contributed by atoms with Gasteiger partial charge in [0.15, 0.2) is 17.3 Å². The fraction of sp³-hybridized carbons (Fsp3) is 0.351. The maximum atomic E-state index is 15.0. The molecule has 3 aromatic carbocycles. The third-order valence-corrected chi connectivity index (χ3v) is 10.5. The number of Topliss-reactive ketones (excluding diaryl/α,β-unsaturated/α-hetero) is 1. The van der Waals surface area contributed by atoms with Crippen LogP contribution < -0.4 is 18.9 Å². The number of hydrogen-bond acceptors (Lipinski definition) is 10. The molecule has 5 atom stereocenters. The molecule has 12 nitrogen and oxygen atoms in total. The van der Waals surface area contributed by atoms with E-state index in [4.69, 9.17) is 23.5 Å². The molecule has 7 rings (SSSR count). The van der Waals surface area contributed by atoms with E-state index >= 15 is 4.79 Å². The van der Waals surface area contributed by atoms with Gasteiger partial charge >= 0.3 is 0 Å². The highest BCUT2D eigenvalue weighted by atomic mass is 32.2. The lowest BCUT2D eigenvalue weighted by atomic mass is 9.57. The minimum Gasteiger partial charge on any atom is -0.507 e. The average Bonchev–Trinajstić information content (AvgIpc) is 3.51. The second-order valence-corrected chi connectivity index (χ2v) is 13.8. The number of carbonyl (C=O) groups excluding carboxylic acids is 1. The normalized spacial score (nSPS) is 23.0. The first kappa shape index (κ1) is 33.8. The summed E-state index contributed by atoms with van der Waals surface area (Å²) in [5.74, 6) is 0.0395. The topological polar surface area (TPSA) is 153 Å². The summed E-state index contributed by atoms with van der Waals surface area (Å²) in [6, 6.07) is 20.3. The Morgan fingerprint density at radius 3 is 2.28 bits per heavy atom. The smallest absolute Gasteiger partial charge is 0.259 e. The van der Waals surface area contributed by atoms with Crippen molar-refractivity contribution in [1.29, 1.82) is 0 Å². The number of anilines is 1. The molecule has 262 valence electrons. The van der Waals surface area contributed by atoms with Crippen molar-refractivity contribution in [2.75, 3.05) is 33.0 Å². The molecule has 3 aliphatic rings. The van der Waals surface area contributed by atoms with E-state index in [1.165, 1.54) is 14.2 Å². The molecule has 50 heavy (non-hydrogen) atoms. The second kappa shape index (κ2) is 13.6. The van der Waals surface area contributed by atoms with Crippen LogP contribution in [0.5, 0.6) is 17.4 Å². The molecule has 13 heteroatoms. The van der Waals surface area contributed by atoms with Crippen molar-refractivity contribution in [3.05, 3.63) is 106 Å². The number of aliphatic hydroxyl groups is 1. The summed E-state index contributed by atoms with van der Waals surface area (Å²) in [5, 5.41) is 16.5. The van der Waals surface area contributed by atoms with Gasteiger partial charge in [0.05, 0.1) is 30.0 Å². The molecular formula is C37H39N3O9S. The van der Waals surface area contributed by atoms with E-state index in [2.05, 4.69) is 9.88 Å². The number of nitrogens with zero attached hydrogens (tertiary/aromatic N) is 2. The molecule has 0 bridgehead atoms. The van der Waals surface area contributed by atoms with E-state index in [-0.39, 0.29) is 65.7 Å². The van der Waals surface area contributed by atoms with Crippen LogP contribution in [0.4, 0.5) is 5.69 Å². The van der Waals surface area contributed by atoms with Crippen LogP contribution in [0.1, 0.15) is 46.0 Å². The lowest BCUT2D eigenvalue weighted by molar-refractivity contribution is -0.158. The molecular weight excluding hydrogens is 662 g/mol. The van der Waals surface area contributed by atoms with E-state index in [9.17, 15) is 13.9 Å². The molecule has 0 radical (unpaired) electrons. The van der Waals surface area contributed by atoms with Gasteiger partial charge in [-0.2, -0.15) is 0 Å². The molecule has 1 aromatic heterocycles. The van der Waals surface area contributed by atoms with E-state index in [1.54, 1.807) is 6.07 Å². The molecule has 0 aliphatic heterocycles. The first-order valence-corrected chi connectivity index (χ1v) is 17.4. The highest BCUT2D eigenvalue weighted by Gasteiger charge is 2.62. The van der Waals surface area contributed by atoms with E-state index < -0.39 is 22.8 Å². The summed E-state index contributed by atoms with van der Waals surface area (Å²) in [6.45, 7) is 0.361. The Morgan fingerprint density at radius 2 is 1.68 bits per heavy atom. The lowest BCUT2D eigenvalue weighted by Crippen LogP contribution is -2.60. The fourth-order valence-electron chi connectivity index (χ4n) is 7.92. The Labute approximate surface area is 292 Å². The summed E-state index contributed by atoms with van der Waals surface area (Å²) in [5.41, 5.74) is 2.27. The van der Waals surface area contributed by atoms with Gasteiger partial charge in [-0.15, -0.1) is 0 Å². The summed E-state index contributed by atoms with van der Waals surface area (Å²) in [4.78, 5) is 17.0. The van der Waals surface area contributed by atoms with Crippen molar-refractivity contribution in [3.8, 4) is 17.4 Å². The number of ketones is 1. The second-order valence-electron chi connectivity index (χ2n) is 13.1. The molecule has 1 unspecified atom stereocenters. The van der Waals surface area contributed by atoms with Crippen LogP contribution in [0.3, 0.4) is 0 Å². The van der Waals surface area contributed by atoms with Crippen LogP contribution in [0.25, 0.3) is 5.76 Å². The SMILES string of the molecule is COc1cc(NS(=O)O)c(OCc2ccccc2)c2c1C[C@H]1C[C@H]3[C@H](N(C)C)c4onc(OCc5ccccc5)c4C[C@@]3(OC)C(=O)C1=C2O. The Balaban J connectivity index is 1.34. The van der Waals surface area contributed by atoms with Crippen LogP contribution in [0.2, 0.25) is 0 Å². The van der Waals surface area contributed by atoms with Gasteiger partial charge in [-0.25, -0.2) is 4.21 Å². The molecule has 0 saturated heterocycles. The third-order valence-electron chi connectivity index (χ3n) is 10.1. The highest BCUT2D eigenvalue weighted by molar-refractivity contribution is 7.80. The maximum absolute atomic E-state index is 15.0. The highest BCUT2D eigenvalue weighted by Crippen LogP contribution is 2.58. The number of aromatic nitrogens is 1. The van der Waals surface area contributed by atoms with Crippen molar-refractivity contribution < 1.29 is 42.1 Å². The molecule has 3 N–H and O–H groups in total. The van der Waals surface area contributed by atoms with Crippen molar-refractivity contribution in [3.63, 3.8) is 0 Å². The molecule has 3 aliphatic carbocycles. The third kappa shape index (κ3) is 5.73. The maximum Gasteiger partial charge on any atom is 0.259 e. The van der Waals surface area contributed by atoms with E-state index in [0.29, 0.717) is 41.4 Å². The Hall–Kier alpha value is -4.69. The zero-order valence-corrected chi connectivity index (χ0v) is 29.0. The van der Waals surface area contributed by atoms with Gasteiger partial charge in [0.1, 0.15) is 30.3 Å². The van der Waals surface area contributed by atoms with Crippen molar-refractivity contribution in [2.24, 2.45) is 11.8 Å². The van der Waals surface area contributed by atoms with Gasteiger partial charge in [-0.3, -0.25) is 19.0 Å². The molecule has 1 heterocycles. The van der Waals surface area contributed by atoms with Crippen molar-refractivity contribution in [1.82, 2.24) is 10.1 Å². The standard InChI is InChI=1S/C37H39N3O9S/c1-40(2)31-26-16-23-15-24-28(45-3)17-27(39-50(43)44)34(47-19-21-11-7-5-8-12-21)30(24)32(41)29(23)35(42)37(26,46-4)18-25-33(31)49-38-36(25)48-20-22-13-9-6-10-14-22/h5-14,17,23,26,31,39,41H,15-16,18-20H2,1-4H3,(H,43,44)/t23-,26-,31-,37-/m0/s1. The van der Waals surface area contributed by atoms with Gasteiger partial charge in [-0.05, 0) is 49.1 Å². The van der Waals surface area contributed by atoms with Gasteiger partial charge in [0.2, 0.25) is 0 Å². The Bertz CT molecular complexity index is 1960. The van der Waals surface area contributed by atoms with Gasteiger partial charge in [-0.1, -0.05) is 60.7 Å². The number of methoxy groups -OCH3 is 2. The fourth-order valence-corrected chi connectivity index (χ4v) is 8.26. The van der Waals surface area contributed by atoms with Crippen LogP contribution in [-0.2, 0) is 46.9 Å². The molecule has 0 amide bonds. The number of ether oxygens (including phenoxy) is 4. The minimum atomic E-state index is -2.47. The first-order chi connectivity index (χ1) is 24.2. The molecule has 1 fully saturated rings. The zero-order chi connectivity index (χ0) is 35.2. The lowest BCUT2D eigenvalue weighted by Gasteiger charge is -2.52. The zero-order valence-electron chi connectivity index (χ0n) is 28.2. The van der Waals surface area contributed by atoms with Crippen LogP contribution in [0, 0.1) is 11.8 Å². The molecule has 0 spiro atoms. The van der Waals surface area contributed by atoms with Gasteiger partial charge < -0.3 is 28.6 Å². The molecule has 4 aromatic rings. The summed E-state index contributed by atoms with van der Waals surface area (Å²) < 4.78 is 54.8. The number of rotatable bonds is 11. The van der Waals surface area contributed by atoms with Gasteiger partial charge in [0.25, 0.3) is 17.1 Å². The predicted molar refractivity (Wildman–Crippen MR) is 185 cm³/mol. The largest absolute Gasteiger partial charge is 0.507 e. The summed E-state index contributed by atoms with van der Waals surface area (Å²) in [6.07, 6.45) is 0.951. The van der Waals surface area contributed by atoms with Crippen molar-refractivity contribution in [2.45, 2.75) is 44.1 Å².